The lowest BCUT2D eigenvalue weighted by atomic mass is 9.94. The molecule has 0 unspecified atom stereocenters. The van der Waals surface area contributed by atoms with Crippen LogP contribution in [-0.2, 0) is 0 Å². The van der Waals surface area contributed by atoms with Crippen LogP contribution in [0.3, 0.4) is 0 Å². The van der Waals surface area contributed by atoms with Gasteiger partial charge in [-0.15, -0.1) is 0 Å². The second kappa shape index (κ2) is 13.2. The molecule has 56 heavy (non-hydrogen) atoms. The van der Waals surface area contributed by atoms with Gasteiger partial charge in [0.2, 0.25) is 0 Å². The van der Waals surface area contributed by atoms with E-state index in [0.717, 1.165) is 60.9 Å². The minimum absolute atomic E-state index is 0.909. The smallest absolute Gasteiger partial charge is 0.143 e. The van der Waals surface area contributed by atoms with Crippen molar-refractivity contribution in [1.82, 2.24) is 0 Å². The first kappa shape index (κ1) is 32.0. The highest BCUT2D eigenvalue weighted by Crippen LogP contribution is 2.46. The lowest BCUT2D eigenvalue weighted by Gasteiger charge is -2.29. The van der Waals surface area contributed by atoms with E-state index in [1.807, 2.05) is 6.07 Å². The average molecular weight is 714 g/mol. The molecular formula is C54H35NO. The number of para-hydroxylation sites is 2. The van der Waals surface area contributed by atoms with Gasteiger partial charge in [0.15, 0.2) is 0 Å². The number of furan rings is 1. The third-order valence-electron chi connectivity index (χ3n) is 11.3. The van der Waals surface area contributed by atoms with Gasteiger partial charge < -0.3 is 9.32 Å². The van der Waals surface area contributed by atoms with Crippen molar-refractivity contribution in [2.75, 3.05) is 4.90 Å². The summed E-state index contributed by atoms with van der Waals surface area (Å²) in [5, 5.41) is 9.47. The first-order valence-corrected chi connectivity index (χ1v) is 19.2. The second-order valence-corrected chi connectivity index (χ2v) is 14.4. The van der Waals surface area contributed by atoms with E-state index in [-0.39, 0.29) is 0 Å². The Kier molecular flexibility index (Phi) is 7.53. The van der Waals surface area contributed by atoms with Crippen LogP contribution in [0.25, 0.3) is 87.6 Å². The van der Waals surface area contributed by atoms with Crippen LogP contribution < -0.4 is 4.90 Å². The summed E-state index contributed by atoms with van der Waals surface area (Å²) < 4.78 is 6.50. The maximum absolute atomic E-state index is 6.50. The summed E-state index contributed by atoms with van der Waals surface area (Å²) in [4.78, 5) is 2.42. The van der Waals surface area contributed by atoms with Crippen molar-refractivity contribution in [3.63, 3.8) is 0 Å². The number of hydrogen-bond donors (Lipinski definition) is 0. The van der Waals surface area contributed by atoms with Crippen LogP contribution in [0, 0.1) is 0 Å². The van der Waals surface area contributed by atoms with Gasteiger partial charge in [0.1, 0.15) is 11.2 Å². The number of nitrogens with zero attached hydrogens (tertiary/aromatic N) is 1. The summed E-state index contributed by atoms with van der Waals surface area (Å²) in [6.45, 7) is 0. The molecule has 0 amide bonds. The van der Waals surface area contributed by atoms with Crippen molar-refractivity contribution in [1.29, 1.82) is 0 Å². The summed E-state index contributed by atoms with van der Waals surface area (Å²) in [6, 6.07) is 76.5. The second-order valence-electron chi connectivity index (χ2n) is 14.4. The zero-order valence-corrected chi connectivity index (χ0v) is 30.6. The van der Waals surface area contributed by atoms with E-state index in [1.165, 1.54) is 43.8 Å². The van der Waals surface area contributed by atoms with Gasteiger partial charge in [0.25, 0.3) is 0 Å². The Bertz CT molecular complexity index is 3230. The molecule has 1 heterocycles. The third kappa shape index (κ3) is 5.26. The molecule has 2 nitrogen and oxygen atoms in total. The molecule has 0 radical (unpaired) electrons. The van der Waals surface area contributed by atoms with Crippen molar-refractivity contribution < 1.29 is 4.42 Å². The van der Waals surface area contributed by atoms with Crippen LogP contribution in [0.4, 0.5) is 17.1 Å². The Balaban J connectivity index is 1.04. The lowest BCUT2D eigenvalue weighted by Crippen LogP contribution is -2.11. The molecule has 0 N–H and O–H groups in total. The zero-order valence-electron chi connectivity index (χ0n) is 30.6. The van der Waals surface area contributed by atoms with Crippen molar-refractivity contribution >= 4 is 71.3 Å². The Morgan fingerprint density at radius 3 is 1.61 bits per heavy atom. The SMILES string of the molecule is c1ccc(N(c2ccc(-c3ccc(-c4cccc5ccccc45)cc3)cc2)c2cccc3ccccc23)c(-c2cccc3c2ccc2c4ccccc4oc32)c1. The molecule has 0 saturated carbocycles. The molecule has 0 aliphatic rings. The van der Waals surface area contributed by atoms with Crippen LogP contribution in [0.1, 0.15) is 0 Å². The molecule has 0 bridgehead atoms. The van der Waals surface area contributed by atoms with Crippen LogP contribution in [0.5, 0.6) is 0 Å². The molecule has 0 saturated heterocycles. The maximum atomic E-state index is 6.50. The Labute approximate surface area is 325 Å². The predicted molar refractivity (Wildman–Crippen MR) is 237 cm³/mol. The maximum Gasteiger partial charge on any atom is 0.143 e. The summed E-state index contributed by atoms with van der Waals surface area (Å²) in [7, 11) is 0. The normalized spacial score (nSPS) is 11.6. The minimum atomic E-state index is 0.909. The summed E-state index contributed by atoms with van der Waals surface area (Å²) in [6.07, 6.45) is 0. The average Bonchev–Trinajstić information content (AvgIpc) is 3.66. The number of benzene rings is 10. The first-order valence-electron chi connectivity index (χ1n) is 19.2. The molecule has 262 valence electrons. The Morgan fingerprint density at radius 1 is 0.286 bits per heavy atom. The van der Waals surface area contributed by atoms with Gasteiger partial charge in [0, 0.05) is 32.8 Å². The van der Waals surface area contributed by atoms with Crippen molar-refractivity contribution in [2.24, 2.45) is 0 Å². The summed E-state index contributed by atoms with van der Waals surface area (Å²) >= 11 is 0. The monoisotopic (exact) mass is 713 g/mol. The highest BCUT2D eigenvalue weighted by Gasteiger charge is 2.21. The van der Waals surface area contributed by atoms with E-state index in [1.54, 1.807) is 0 Å². The lowest BCUT2D eigenvalue weighted by molar-refractivity contribution is 0.672. The number of anilines is 3. The molecule has 0 aliphatic carbocycles. The van der Waals surface area contributed by atoms with E-state index in [9.17, 15) is 0 Å². The zero-order chi connectivity index (χ0) is 37.0. The molecule has 2 heteroatoms. The molecular weight excluding hydrogens is 679 g/mol. The standard InChI is InChI=1S/C54H35NO/c1-3-16-42-38(12-1)14-9-20-43(42)40-28-26-36(27-29-40)37-30-32-41(33-31-37)55(51-24-10-15-39-13-2-4-17-44(39)51)52-23-7-5-18-47(52)45-21-11-22-49-46(45)34-35-50-48-19-6-8-25-53(48)56-54(49)50/h1-35H. The molecule has 0 aliphatic heterocycles. The fraction of sp³-hybridized carbons (Fsp3) is 0. The van der Waals surface area contributed by atoms with Gasteiger partial charge in [-0.25, -0.2) is 0 Å². The fourth-order valence-corrected chi connectivity index (χ4v) is 8.61. The molecule has 11 aromatic rings. The molecule has 0 atom stereocenters. The Hall–Kier alpha value is -7.42. The number of hydrogen-bond acceptors (Lipinski definition) is 2. The van der Waals surface area contributed by atoms with Gasteiger partial charge >= 0.3 is 0 Å². The van der Waals surface area contributed by atoms with E-state index in [4.69, 9.17) is 4.42 Å². The molecule has 0 spiro atoms. The highest BCUT2D eigenvalue weighted by molar-refractivity contribution is 6.18. The van der Waals surface area contributed by atoms with Crippen molar-refractivity contribution in [3.05, 3.63) is 212 Å². The van der Waals surface area contributed by atoms with Gasteiger partial charge in [-0.1, -0.05) is 176 Å². The Morgan fingerprint density at radius 2 is 0.786 bits per heavy atom. The number of rotatable bonds is 6. The number of fused-ring (bicyclic) bond motifs is 7. The van der Waals surface area contributed by atoms with Crippen molar-refractivity contribution in [2.45, 2.75) is 0 Å². The predicted octanol–water partition coefficient (Wildman–Crippen LogP) is 15.5. The fourth-order valence-electron chi connectivity index (χ4n) is 8.61. The molecule has 1 aromatic heterocycles. The molecule has 0 fully saturated rings. The largest absolute Gasteiger partial charge is 0.455 e. The van der Waals surface area contributed by atoms with Crippen LogP contribution >= 0.6 is 0 Å². The van der Waals surface area contributed by atoms with E-state index in [0.29, 0.717) is 0 Å². The van der Waals surface area contributed by atoms with Gasteiger partial charge in [-0.2, -0.15) is 0 Å². The van der Waals surface area contributed by atoms with Gasteiger partial charge in [0.05, 0.1) is 11.4 Å². The summed E-state index contributed by atoms with van der Waals surface area (Å²) in [5.74, 6) is 0. The summed E-state index contributed by atoms with van der Waals surface area (Å²) in [5.41, 5.74) is 12.3. The van der Waals surface area contributed by atoms with Gasteiger partial charge in [-0.3, -0.25) is 0 Å². The first-order chi connectivity index (χ1) is 27.8. The van der Waals surface area contributed by atoms with Crippen LogP contribution in [0.2, 0.25) is 0 Å². The molecule has 11 rings (SSSR count). The molecule has 10 aromatic carbocycles. The van der Waals surface area contributed by atoms with Crippen molar-refractivity contribution in [3.8, 4) is 33.4 Å². The van der Waals surface area contributed by atoms with Crippen LogP contribution in [0.15, 0.2) is 217 Å². The van der Waals surface area contributed by atoms with E-state index >= 15 is 0 Å². The van der Waals surface area contributed by atoms with Crippen LogP contribution in [-0.4, -0.2) is 0 Å². The topological polar surface area (TPSA) is 16.4 Å². The van der Waals surface area contributed by atoms with Gasteiger partial charge in [-0.05, 0) is 85.8 Å². The third-order valence-corrected chi connectivity index (χ3v) is 11.3. The van der Waals surface area contributed by atoms with E-state index < -0.39 is 0 Å². The quantitative estimate of drug-likeness (QED) is 0.171. The van der Waals surface area contributed by atoms with E-state index in [2.05, 4.69) is 211 Å². The minimum Gasteiger partial charge on any atom is -0.455 e. The highest BCUT2D eigenvalue weighted by atomic mass is 16.3.